The molecule has 1 N–H and O–H groups in total. The summed E-state index contributed by atoms with van der Waals surface area (Å²) in [5.41, 5.74) is 1.44. The molecule has 1 unspecified atom stereocenters. The Kier molecular flexibility index (Phi) is 7.65. The lowest BCUT2D eigenvalue weighted by Crippen LogP contribution is -2.42. The quantitative estimate of drug-likeness (QED) is 0.268. The summed E-state index contributed by atoms with van der Waals surface area (Å²) in [5, 5.41) is 5.95. The van der Waals surface area contributed by atoms with E-state index >= 15 is 0 Å². The Hall–Kier alpha value is -3.65. The molecule has 0 saturated heterocycles. The Morgan fingerprint density at radius 2 is 1.74 bits per heavy atom. The summed E-state index contributed by atoms with van der Waals surface area (Å²) in [5.74, 6) is 0.520. The molecular weight excluding hydrogens is 482 g/mol. The summed E-state index contributed by atoms with van der Waals surface area (Å²) in [4.78, 5) is 36.3. The smallest absolute Gasteiger partial charge is 0.440 e. The zero-order valence-corrected chi connectivity index (χ0v) is 23.2. The summed E-state index contributed by atoms with van der Waals surface area (Å²) in [7, 11) is 1.39. The van der Waals surface area contributed by atoms with Gasteiger partial charge in [0.15, 0.2) is 11.9 Å². The van der Waals surface area contributed by atoms with E-state index in [1.54, 1.807) is 27.0 Å². The minimum Gasteiger partial charge on any atom is -0.467 e. The molecule has 1 saturated carbocycles. The fourth-order valence-corrected chi connectivity index (χ4v) is 4.13. The second-order valence-electron chi connectivity index (χ2n) is 11.6. The standard InChI is InChI=1S/C30H37N3O5/c1-29(2,3)37-28(35)33(38-30(4,5)6)26-24-14-13-23(18-21(24)15-16-31-26)32-25(27(34)36-7)22-10-8-9-20(17-22)19-11-12-19/h8-10,13-19,25,32H,11-12H2,1-7H3. The van der Waals surface area contributed by atoms with Crippen molar-refractivity contribution in [3.63, 3.8) is 0 Å². The number of benzene rings is 2. The van der Waals surface area contributed by atoms with E-state index in [2.05, 4.69) is 22.4 Å². The van der Waals surface area contributed by atoms with E-state index in [0.29, 0.717) is 17.1 Å². The number of amides is 1. The highest BCUT2D eigenvalue weighted by molar-refractivity contribution is 6.00. The van der Waals surface area contributed by atoms with Crippen LogP contribution in [0.4, 0.5) is 16.3 Å². The molecule has 1 fully saturated rings. The maximum atomic E-state index is 13.1. The van der Waals surface area contributed by atoms with Crippen LogP contribution in [-0.2, 0) is 19.1 Å². The van der Waals surface area contributed by atoms with Crippen molar-refractivity contribution in [2.75, 3.05) is 17.5 Å². The van der Waals surface area contributed by atoms with Gasteiger partial charge in [0.1, 0.15) is 5.60 Å². The first-order chi connectivity index (χ1) is 17.8. The molecule has 8 nitrogen and oxygen atoms in total. The first kappa shape index (κ1) is 27.4. The van der Waals surface area contributed by atoms with E-state index in [1.807, 2.05) is 57.2 Å². The molecule has 0 spiro atoms. The number of nitrogens with one attached hydrogen (secondary N) is 1. The molecule has 1 aromatic heterocycles. The molecule has 38 heavy (non-hydrogen) atoms. The molecule has 4 rings (SSSR count). The number of carbonyl (C=O) groups is 2. The van der Waals surface area contributed by atoms with Gasteiger partial charge < -0.3 is 14.8 Å². The first-order valence-corrected chi connectivity index (χ1v) is 12.9. The van der Waals surface area contributed by atoms with Crippen LogP contribution < -0.4 is 10.4 Å². The number of anilines is 2. The number of pyridine rings is 1. The largest absolute Gasteiger partial charge is 0.467 e. The average molecular weight is 520 g/mol. The molecule has 8 heteroatoms. The third kappa shape index (κ3) is 6.81. The lowest BCUT2D eigenvalue weighted by atomic mass is 10.0. The topological polar surface area (TPSA) is 90.0 Å². The van der Waals surface area contributed by atoms with Gasteiger partial charge in [-0.1, -0.05) is 24.3 Å². The molecule has 1 amide bonds. The summed E-state index contributed by atoms with van der Waals surface area (Å²) < 4.78 is 10.7. The zero-order valence-electron chi connectivity index (χ0n) is 23.2. The maximum Gasteiger partial charge on any atom is 0.440 e. The number of carbonyl (C=O) groups excluding carboxylic acids is 2. The van der Waals surface area contributed by atoms with Crippen molar-refractivity contribution in [3.8, 4) is 0 Å². The summed E-state index contributed by atoms with van der Waals surface area (Å²) in [6.07, 6.45) is 3.32. The van der Waals surface area contributed by atoms with Crippen LogP contribution in [0, 0.1) is 0 Å². The van der Waals surface area contributed by atoms with Gasteiger partial charge in [0, 0.05) is 17.3 Å². The third-order valence-electron chi connectivity index (χ3n) is 5.90. The Bertz CT molecular complexity index is 1320. The predicted octanol–water partition coefficient (Wildman–Crippen LogP) is 6.91. The number of nitrogens with zero attached hydrogens (tertiary/aromatic N) is 2. The van der Waals surface area contributed by atoms with E-state index in [4.69, 9.17) is 14.3 Å². The van der Waals surface area contributed by atoms with Crippen LogP contribution in [0.3, 0.4) is 0 Å². The van der Waals surface area contributed by atoms with Gasteiger partial charge in [0.05, 0.1) is 12.7 Å². The van der Waals surface area contributed by atoms with Crippen molar-refractivity contribution in [2.24, 2.45) is 0 Å². The van der Waals surface area contributed by atoms with Gasteiger partial charge in [-0.25, -0.2) is 14.6 Å². The van der Waals surface area contributed by atoms with E-state index in [9.17, 15) is 9.59 Å². The minimum absolute atomic E-state index is 0.319. The monoisotopic (exact) mass is 519 g/mol. The van der Waals surface area contributed by atoms with Crippen molar-refractivity contribution in [1.29, 1.82) is 0 Å². The third-order valence-corrected chi connectivity index (χ3v) is 5.90. The zero-order chi connectivity index (χ0) is 27.7. The van der Waals surface area contributed by atoms with Crippen LogP contribution in [-0.4, -0.2) is 35.4 Å². The molecule has 1 aliphatic carbocycles. The maximum absolute atomic E-state index is 13.1. The van der Waals surface area contributed by atoms with Crippen LogP contribution in [0.2, 0.25) is 0 Å². The number of fused-ring (bicyclic) bond motifs is 1. The number of hydrogen-bond acceptors (Lipinski definition) is 7. The molecule has 0 bridgehead atoms. The van der Waals surface area contributed by atoms with E-state index in [1.165, 1.54) is 25.5 Å². The number of hydrogen-bond donors (Lipinski definition) is 1. The van der Waals surface area contributed by atoms with Crippen LogP contribution in [0.15, 0.2) is 54.7 Å². The lowest BCUT2D eigenvalue weighted by Gasteiger charge is -2.31. The van der Waals surface area contributed by atoms with Crippen LogP contribution in [0.25, 0.3) is 10.8 Å². The van der Waals surface area contributed by atoms with Gasteiger partial charge >= 0.3 is 12.1 Å². The second-order valence-corrected chi connectivity index (χ2v) is 11.6. The highest BCUT2D eigenvalue weighted by Gasteiger charge is 2.31. The van der Waals surface area contributed by atoms with Gasteiger partial charge in [-0.15, -0.1) is 5.06 Å². The molecule has 0 aliphatic heterocycles. The van der Waals surface area contributed by atoms with Crippen LogP contribution >= 0.6 is 0 Å². The number of ether oxygens (including phenoxy) is 2. The number of esters is 1. The van der Waals surface area contributed by atoms with Crippen molar-refractivity contribution < 1.29 is 23.9 Å². The fraction of sp³-hybridized carbons (Fsp3) is 0.433. The van der Waals surface area contributed by atoms with Crippen molar-refractivity contribution in [2.45, 2.75) is 77.5 Å². The molecule has 202 valence electrons. The van der Waals surface area contributed by atoms with Crippen molar-refractivity contribution in [3.05, 3.63) is 65.9 Å². The van der Waals surface area contributed by atoms with Gasteiger partial charge in [-0.05, 0) is 101 Å². The number of aromatic nitrogens is 1. The second kappa shape index (κ2) is 10.6. The Morgan fingerprint density at radius 1 is 1.00 bits per heavy atom. The molecular formula is C30H37N3O5. The predicted molar refractivity (Wildman–Crippen MR) is 148 cm³/mol. The molecule has 1 atom stereocenters. The molecule has 2 aromatic carbocycles. The van der Waals surface area contributed by atoms with E-state index < -0.39 is 23.3 Å². The van der Waals surface area contributed by atoms with Crippen LogP contribution in [0.5, 0.6) is 0 Å². The van der Waals surface area contributed by atoms with Crippen molar-refractivity contribution >= 4 is 34.3 Å². The van der Waals surface area contributed by atoms with Crippen LogP contribution in [0.1, 0.15) is 77.5 Å². The van der Waals surface area contributed by atoms with Crippen molar-refractivity contribution in [1.82, 2.24) is 4.98 Å². The Morgan fingerprint density at radius 3 is 2.37 bits per heavy atom. The first-order valence-electron chi connectivity index (χ1n) is 12.9. The van der Waals surface area contributed by atoms with Gasteiger partial charge in [0.2, 0.25) is 0 Å². The Balaban J connectivity index is 1.68. The summed E-state index contributed by atoms with van der Waals surface area (Å²) in [6.45, 7) is 10.9. The fourth-order valence-electron chi connectivity index (χ4n) is 4.13. The number of methoxy groups -OCH3 is 1. The SMILES string of the molecule is COC(=O)C(Nc1ccc2c(N(OC(C)(C)C)C(=O)OC(C)(C)C)nccc2c1)c1cccc(C2CC2)c1. The van der Waals surface area contributed by atoms with E-state index in [-0.39, 0.29) is 5.97 Å². The molecule has 1 aliphatic rings. The lowest BCUT2D eigenvalue weighted by molar-refractivity contribution is -0.141. The van der Waals surface area contributed by atoms with Gasteiger partial charge in [-0.3, -0.25) is 4.84 Å². The van der Waals surface area contributed by atoms with Gasteiger partial charge in [-0.2, -0.15) is 0 Å². The van der Waals surface area contributed by atoms with Gasteiger partial charge in [0.25, 0.3) is 0 Å². The summed E-state index contributed by atoms with van der Waals surface area (Å²) >= 11 is 0. The molecule has 3 aromatic rings. The average Bonchev–Trinajstić information content (AvgIpc) is 3.69. The number of rotatable bonds is 7. The highest BCUT2D eigenvalue weighted by Crippen LogP contribution is 2.41. The summed E-state index contributed by atoms with van der Waals surface area (Å²) in [6, 6.07) is 14.9. The minimum atomic E-state index is -0.710. The molecule has 0 radical (unpaired) electrons. The Labute approximate surface area is 224 Å². The number of hydroxylamine groups is 1. The van der Waals surface area contributed by atoms with E-state index in [0.717, 1.165) is 21.7 Å². The normalized spacial score (nSPS) is 14.6. The molecule has 1 heterocycles. The highest BCUT2D eigenvalue weighted by atomic mass is 16.7.